The second kappa shape index (κ2) is 3.80. The molecule has 0 N–H and O–H groups in total. The maximum Gasteiger partial charge on any atom is 0.410 e. The molecular formula is C10H7N3O2. The average molecular weight is 201 g/mol. The Morgan fingerprint density at radius 1 is 1.47 bits per heavy atom. The zero-order chi connectivity index (χ0) is 10.7. The van der Waals surface area contributed by atoms with E-state index < -0.39 is 5.97 Å². The standard InChI is InChI=1S/C10H7N3O2/c1-2-5-10(14)15-13-9-7-4-3-6-8(9)11-12-13/h3-4,6-7H,1H3. The lowest BCUT2D eigenvalue weighted by Crippen LogP contribution is -2.19. The lowest BCUT2D eigenvalue weighted by molar-refractivity contribution is -0.138. The molecule has 0 saturated carbocycles. The summed E-state index contributed by atoms with van der Waals surface area (Å²) in [5.41, 5.74) is 1.29. The first-order valence-electron chi connectivity index (χ1n) is 4.27. The highest BCUT2D eigenvalue weighted by Gasteiger charge is 2.06. The number of hydrogen-bond acceptors (Lipinski definition) is 4. The van der Waals surface area contributed by atoms with E-state index in [2.05, 4.69) is 22.2 Å². The van der Waals surface area contributed by atoms with Crippen LogP contribution in [0.2, 0.25) is 0 Å². The van der Waals surface area contributed by atoms with Crippen LogP contribution in [0.1, 0.15) is 6.92 Å². The second-order valence-corrected chi connectivity index (χ2v) is 2.70. The Morgan fingerprint density at radius 3 is 3.07 bits per heavy atom. The molecule has 0 radical (unpaired) electrons. The summed E-state index contributed by atoms with van der Waals surface area (Å²) in [7, 11) is 0. The van der Waals surface area contributed by atoms with Gasteiger partial charge in [-0.1, -0.05) is 22.9 Å². The van der Waals surface area contributed by atoms with Gasteiger partial charge in [0.15, 0.2) is 0 Å². The summed E-state index contributed by atoms with van der Waals surface area (Å²) >= 11 is 0. The predicted octanol–water partition coefficient (Wildman–Crippen LogP) is 0.410. The first kappa shape index (κ1) is 9.21. The molecule has 0 aliphatic carbocycles. The topological polar surface area (TPSA) is 57.0 Å². The molecule has 0 fully saturated rings. The van der Waals surface area contributed by atoms with E-state index in [1.807, 2.05) is 12.1 Å². The van der Waals surface area contributed by atoms with Crippen LogP contribution in [0.25, 0.3) is 11.0 Å². The third-order valence-electron chi connectivity index (χ3n) is 1.72. The summed E-state index contributed by atoms with van der Waals surface area (Å²) in [6, 6.07) is 7.16. The molecule has 0 atom stereocenters. The van der Waals surface area contributed by atoms with Crippen molar-refractivity contribution in [3.05, 3.63) is 24.3 Å². The number of benzene rings is 1. The molecule has 0 aliphatic rings. The minimum Gasteiger partial charge on any atom is -0.304 e. The van der Waals surface area contributed by atoms with Gasteiger partial charge in [0.2, 0.25) is 0 Å². The Morgan fingerprint density at radius 2 is 2.27 bits per heavy atom. The van der Waals surface area contributed by atoms with E-state index in [9.17, 15) is 4.79 Å². The van der Waals surface area contributed by atoms with Crippen LogP contribution in [0.4, 0.5) is 0 Å². The van der Waals surface area contributed by atoms with E-state index in [0.29, 0.717) is 11.0 Å². The number of rotatable bonds is 1. The van der Waals surface area contributed by atoms with Crippen LogP contribution in [0, 0.1) is 11.8 Å². The van der Waals surface area contributed by atoms with Crippen LogP contribution in [0.5, 0.6) is 0 Å². The highest BCUT2D eigenvalue weighted by atomic mass is 16.7. The molecule has 15 heavy (non-hydrogen) atoms. The second-order valence-electron chi connectivity index (χ2n) is 2.70. The average Bonchev–Trinajstić information content (AvgIpc) is 2.62. The highest BCUT2D eigenvalue weighted by Crippen LogP contribution is 2.07. The lowest BCUT2D eigenvalue weighted by Gasteiger charge is -1.97. The van der Waals surface area contributed by atoms with Gasteiger partial charge in [-0.15, -0.1) is 5.10 Å². The molecule has 1 heterocycles. The molecule has 0 unspecified atom stereocenters. The summed E-state index contributed by atoms with van der Waals surface area (Å²) in [5, 5.41) is 7.49. The van der Waals surface area contributed by atoms with Crippen molar-refractivity contribution in [3.8, 4) is 11.8 Å². The smallest absolute Gasteiger partial charge is 0.304 e. The lowest BCUT2D eigenvalue weighted by atomic mass is 10.3. The minimum absolute atomic E-state index is 0.628. The minimum atomic E-state index is -0.659. The molecule has 0 saturated heterocycles. The van der Waals surface area contributed by atoms with Crippen LogP contribution < -0.4 is 4.84 Å². The molecule has 0 aliphatic heterocycles. The van der Waals surface area contributed by atoms with Crippen molar-refractivity contribution in [2.24, 2.45) is 0 Å². The molecule has 2 aromatic rings. The molecular weight excluding hydrogens is 194 g/mol. The number of fused-ring (bicyclic) bond motifs is 1. The van der Waals surface area contributed by atoms with Crippen molar-refractivity contribution in [1.82, 2.24) is 15.2 Å². The van der Waals surface area contributed by atoms with Gasteiger partial charge in [0.05, 0.1) is 0 Å². The van der Waals surface area contributed by atoms with E-state index in [4.69, 9.17) is 4.84 Å². The summed E-state index contributed by atoms with van der Waals surface area (Å²) < 4.78 is 0. The molecule has 5 nitrogen and oxygen atoms in total. The maximum absolute atomic E-state index is 11.1. The summed E-state index contributed by atoms with van der Waals surface area (Å²) in [6.45, 7) is 1.56. The Labute approximate surface area is 85.6 Å². The van der Waals surface area contributed by atoms with Crippen molar-refractivity contribution < 1.29 is 9.63 Å². The van der Waals surface area contributed by atoms with E-state index in [1.165, 1.54) is 0 Å². The van der Waals surface area contributed by atoms with Gasteiger partial charge in [-0.05, 0) is 24.3 Å². The third kappa shape index (κ3) is 1.79. The monoisotopic (exact) mass is 201 g/mol. The number of aromatic nitrogens is 3. The summed E-state index contributed by atoms with van der Waals surface area (Å²) in [5.74, 6) is 4.03. The van der Waals surface area contributed by atoms with Crippen LogP contribution >= 0.6 is 0 Å². The van der Waals surface area contributed by atoms with Crippen LogP contribution in [0.3, 0.4) is 0 Å². The molecule has 0 bridgehead atoms. The molecule has 74 valence electrons. The van der Waals surface area contributed by atoms with Gasteiger partial charge in [0, 0.05) is 5.92 Å². The Balaban J connectivity index is 2.35. The van der Waals surface area contributed by atoms with Gasteiger partial charge in [-0.2, -0.15) is 0 Å². The van der Waals surface area contributed by atoms with E-state index in [1.54, 1.807) is 19.1 Å². The van der Waals surface area contributed by atoms with Gasteiger partial charge in [-0.3, -0.25) is 0 Å². The van der Waals surface area contributed by atoms with Gasteiger partial charge in [-0.25, -0.2) is 4.79 Å². The zero-order valence-corrected chi connectivity index (χ0v) is 7.97. The molecule has 5 heteroatoms. The first-order chi connectivity index (χ1) is 7.31. The normalized spacial score (nSPS) is 9.40. The number of carbonyl (C=O) groups excluding carboxylic acids is 1. The fourth-order valence-electron chi connectivity index (χ4n) is 1.12. The van der Waals surface area contributed by atoms with E-state index in [-0.39, 0.29) is 0 Å². The predicted molar refractivity (Wildman–Crippen MR) is 52.6 cm³/mol. The van der Waals surface area contributed by atoms with Crippen molar-refractivity contribution in [1.29, 1.82) is 0 Å². The molecule has 0 amide bonds. The van der Waals surface area contributed by atoms with E-state index >= 15 is 0 Å². The fourth-order valence-corrected chi connectivity index (χ4v) is 1.12. The zero-order valence-electron chi connectivity index (χ0n) is 7.97. The van der Waals surface area contributed by atoms with Gasteiger partial charge < -0.3 is 4.84 Å². The van der Waals surface area contributed by atoms with Crippen LogP contribution in [-0.4, -0.2) is 21.1 Å². The number of hydrogen-bond donors (Lipinski definition) is 0. The van der Waals surface area contributed by atoms with Crippen LogP contribution in [-0.2, 0) is 4.79 Å². The molecule has 2 rings (SSSR count). The van der Waals surface area contributed by atoms with Gasteiger partial charge in [0.25, 0.3) is 0 Å². The Kier molecular flexibility index (Phi) is 2.33. The Hall–Kier alpha value is -2.35. The number of para-hydroxylation sites is 1. The number of carbonyl (C=O) groups is 1. The number of nitrogens with zero attached hydrogens (tertiary/aromatic N) is 3. The first-order valence-corrected chi connectivity index (χ1v) is 4.27. The highest BCUT2D eigenvalue weighted by molar-refractivity contribution is 5.89. The summed E-state index contributed by atoms with van der Waals surface area (Å²) in [6.07, 6.45) is 0. The summed E-state index contributed by atoms with van der Waals surface area (Å²) in [4.78, 5) is 17.0. The SMILES string of the molecule is CC#CC(=O)On1nnc2ccccc21. The van der Waals surface area contributed by atoms with Crippen molar-refractivity contribution in [2.45, 2.75) is 6.92 Å². The van der Waals surface area contributed by atoms with Crippen LogP contribution in [0.15, 0.2) is 24.3 Å². The van der Waals surface area contributed by atoms with Gasteiger partial charge >= 0.3 is 5.97 Å². The molecule has 1 aromatic carbocycles. The Bertz CT molecular complexity index is 563. The van der Waals surface area contributed by atoms with Crippen molar-refractivity contribution in [2.75, 3.05) is 0 Å². The molecule has 0 spiro atoms. The van der Waals surface area contributed by atoms with Gasteiger partial charge in [0.1, 0.15) is 11.0 Å². The maximum atomic E-state index is 11.1. The molecule has 1 aromatic heterocycles. The van der Waals surface area contributed by atoms with Crippen molar-refractivity contribution in [3.63, 3.8) is 0 Å². The fraction of sp³-hybridized carbons (Fsp3) is 0.100. The quantitative estimate of drug-likeness (QED) is 0.495. The van der Waals surface area contributed by atoms with E-state index in [0.717, 1.165) is 4.85 Å². The van der Waals surface area contributed by atoms with Crippen molar-refractivity contribution >= 4 is 17.0 Å². The largest absolute Gasteiger partial charge is 0.410 e. The third-order valence-corrected chi connectivity index (χ3v) is 1.72.